The number of hydrogen-bond acceptors (Lipinski definition) is 2. The summed E-state index contributed by atoms with van der Waals surface area (Å²) in [6, 6.07) is 0. The molecule has 4 heteroatoms. The lowest BCUT2D eigenvalue weighted by Gasteiger charge is -2.09. The smallest absolute Gasteiger partial charge is 0.224 e. The fourth-order valence-corrected chi connectivity index (χ4v) is 4.90. The number of fused-ring (bicyclic) bond motifs is 5. The van der Waals surface area contributed by atoms with Crippen LogP contribution in [0.15, 0.2) is 0 Å². The van der Waals surface area contributed by atoms with E-state index in [4.69, 9.17) is 0 Å². The fraction of sp³-hybridized carbons (Fsp3) is 0.750. The predicted molar refractivity (Wildman–Crippen MR) is 75.8 cm³/mol. The molecule has 0 radical (unpaired) electrons. The second kappa shape index (κ2) is 4.09. The number of nitrogens with one attached hydrogen (secondary N) is 1. The van der Waals surface area contributed by atoms with Gasteiger partial charge in [-0.15, -0.1) is 0 Å². The number of rotatable bonds is 3. The van der Waals surface area contributed by atoms with Gasteiger partial charge in [0.25, 0.3) is 0 Å². The summed E-state index contributed by atoms with van der Waals surface area (Å²) in [5.74, 6) is 4.72. The maximum absolute atomic E-state index is 12.4. The van der Waals surface area contributed by atoms with E-state index in [-0.39, 0.29) is 5.91 Å². The zero-order valence-electron chi connectivity index (χ0n) is 12.5. The van der Waals surface area contributed by atoms with Crippen molar-refractivity contribution in [2.45, 2.75) is 39.7 Å². The highest BCUT2D eigenvalue weighted by molar-refractivity contribution is 5.82. The fourth-order valence-electron chi connectivity index (χ4n) is 4.90. The molecule has 3 aliphatic carbocycles. The number of hydrogen-bond donors (Lipinski definition) is 1. The summed E-state index contributed by atoms with van der Waals surface area (Å²) in [6.45, 7) is 4.65. The number of aromatic nitrogens is 2. The maximum atomic E-state index is 12.4. The molecule has 1 amide bonds. The maximum Gasteiger partial charge on any atom is 0.224 e. The van der Waals surface area contributed by atoms with Gasteiger partial charge in [-0.25, -0.2) is 4.98 Å². The summed E-state index contributed by atoms with van der Waals surface area (Å²) in [4.78, 5) is 16.9. The number of carbonyl (C=O) groups is 1. The second-order valence-corrected chi connectivity index (χ2v) is 6.99. The Morgan fingerprint density at radius 1 is 1.30 bits per heavy atom. The Hall–Kier alpha value is -1.32. The number of carbonyl (C=O) groups excluding carboxylic acids is 1. The van der Waals surface area contributed by atoms with Gasteiger partial charge in [-0.1, -0.05) is 0 Å². The van der Waals surface area contributed by atoms with Crippen molar-refractivity contribution in [1.82, 2.24) is 14.9 Å². The van der Waals surface area contributed by atoms with Gasteiger partial charge < -0.3 is 9.88 Å². The van der Waals surface area contributed by atoms with Gasteiger partial charge >= 0.3 is 0 Å². The summed E-state index contributed by atoms with van der Waals surface area (Å²) in [6.07, 6.45) is 4.14. The Kier molecular flexibility index (Phi) is 2.54. The summed E-state index contributed by atoms with van der Waals surface area (Å²) < 4.78 is 2.08. The molecular formula is C16H23N3O. The summed E-state index contributed by atoms with van der Waals surface area (Å²) >= 11 is 0. The average molecular weight is 273 g/mol. The Labute approximate surface area is 120 Å². The molecule has 1 aromatic heterocycles. The number of aryl methyl sites for hydroxylation is 1. The first-order chi connectivity index (χ1) is 9.58. The standard InChI is InChI=1S/C16H23N3O/c1-8-9(2)19(3)12(18-8)7-17-16(20)15-13-10-4-5-11(6-10)14(13)15/h10-11,13-15H,4-7H2,1-3H3,(H,17,20). The Balaban J connectivity index is 1.39. The second-order valence-electron chi connectivity index (χ2n) is 6.99. The van der Waals surface area contributed by atoms with Gasteiger partial charge in [0.05, 0.1) is 12.2 Å². The molecule has 0 saturated heterocycles. The van der Waals surface area contributed by atoms with Crippen molar-refractivity contribution in [3.05, 3.63) is 17.2 Å². The first-order valence-corrected chi connectivity index (χ1v) is 7.84. The van der Waals surface area contributed by atoms with E-state index in [2.05, 4.69) is 21.8 Å². The van der Waals surface area contributed by atoms with E-state index in [1.807, 2.05) is 14.0 Å². The molecule has 0 spiro atoms. The molecule has 0 aliphatic heterocycles. The molecular weight excluding hydrogens is 250 g/mol. The van der Waals surface area contributed by atoms with Crippen molar-refractivity contribution >= 4 is 5.91 Å². The molecule has 3 fully saturated rings. The van der Waals surface area contributed by atoms with Crippen molar-refractivity contribution in [2.75, 3.05) is 0 Å². The molecule has 1 N–H and O–H groups in total. The highest BCUT2D eigenvalue weighted by atomic mass is 16.2. The van der Waals surface area contributed by atoms with Crippen LogP contribution >= 0.6 is 0 Å². The third-order valence-electron chi connectivity index (χ3n) is 6.17. The van der Waals surface area contributed by atoms with E-state index in [0.29, 0.717) is 12.5 Å². The van der Waals surface area contributed by atoms with Crippen molar-refractivity contribution in [1.29, 1.82) is 0 Å². The summed E-state index contributed by atoms with van der Waals surface area (Å²) in [7, 11) is 2.02. The van der Waals surface area contributed by atoms with Crippen LogP contribution in [0, 0.1) is 43.4 Å². The van der Waals surface area contributed by atoms with Crippen LogP contribution in [-0.2, 0) is 18.4 Å². The van der Waals surface area contributed by atoms with Crippen LogP contribution in [0.5, 0.6) is 0 Å². The lowest BCUT2D eigenvalue weighted by molar-refractivity contribution is -0.123. The minimum atomic E-state index is 0.273. The predicted octanol–water partition coefficient (Wildman–Crippen LogP) is 1.95. The molecule has 4 atom stereocenters. The monoisotopic (exact) mass is 273 g/mol. The summed E-state index contributed by atoms with van der Waals surface area (Å²) in [5.41, 5.74) is 2.23. The van der Waals surface area contributed by atoms with E-state index < -0.39 is 0 Å². The number of nitrogens with zero attached hydrogens (tertiary/aromatic N) is 2. The van der Waals surface area contributed by atoms with Gasteiger partial charge in [-0.3, -0.25) is 4.79 Å². The van der Waals surface area contributed by atoms with Crippen molar-refractivity contribution < 1.29 is 4.79 Å². The van der Waals surface area contributed by atoms with E-state index in [0.717, 1.165) is 35.2 Å². The lowest BCUT2D eigenvalue weighted by Crippen LogP contribution is -2.28. The third kappa shape index (κ3) is 1.60. The highest BCUT2D eigenvalue weighted by Gasteiger charge is 2.67. The number of imidazole rings is 1. The van der Waals surface area contributed by atoms with Crippen molar-refractivity contribution in [3.8, 4) is 0 Å². The highest BCUT2D eigenvalue weighted by Crippen LogP contribution is 2.69. The van der Waals surface area contributed by atoms with Crippen LogP contribution in [-0.4, -0.2) is 15.5 Å². The molecule has 0 aromatic carbocycles. The van der Waals surface area contributed by atoms with Crippen LogP contribution in [0.25, 0.3) is 0 Å². The van der Waals surface area contributed by atoms with Crippen molar-refractivity contribution in [2.24, 2.45) is 36.6 Å². The van der Waals surface area contributed by atoms with Crippen LogP contribution in [0.3, 0.4) is 0 Å². The van der Waals surface area contributed by atoms with E-state index in [9.17, 15) is 4.79 Å². The Bertz CT molecular complexity index is 561. The minimum absolute atomic E-state index is 0.273. The SMILES string of the molecule is Cc1nc(CNC(=O)C2C3C4CCC(C4)C23)n(C)c1C. The van der Waals surface area contributed by atoms with Crippen LogP contribution < -0.4 is 5.32 Å². The van der Waals surface area contributed by atoms with Crippen molar-refractivity contribution in [3.63, 3.8) is 0 Å². The Morgan fingerprint density at radius 3 is 2.50 bits per heavy atom. The lowest BCUT2D eigenvalue weighted by atomic mass is 10.0. The normalized spacial score (nSPS) is 37.0. The van der Waals surface area contributed by atoms with Gasteiger partial charge in [-0.05, 0) is 56.8 Å². The van der Waals surface area contributed by atoms with Gasteiger partial charge in [-0.2, -0.15) is 0 Å². The zero-order valence-corrected chi connectivity index (χ0v) is 12.5. The third-order valence-corrected chi connectivity index (χ3v) is 6.17. The Morgan fingerprint density at radius 2 is 1.95 bits per heavy atom. The quantitative estimate of drug-likeness (QED) is 0.915. The molecule has 108 valence electrons. The topological polar surface area (TPSA) is 46.9 Å². The molecule has 2 bridgehead atoms. The molecule has 1 heterocycles. The largest absolute Gasteiger partial charge is 0.349 e. The van der Waals surface area contributed by atoms with E-state index in [1.165, 1.54) is 25.0 Å². The van der Waals surface area contributed by atoms with Gasteiger partial charge in [0.15, 0.2) is 0 Å². The molecule has 3 saturated carbocycles. The van der Waals surface area contributed by atoms with Crippen LogP contribution in [0.1, 0.15) is 36.5 Å². The van der Waals surface area contributed by atoms with Gasteiger partial charge in [0.1, 0.15) is 5.82 Å². The zero-order chi connectivity index (χ0) is 14.0. The van der Waals surface area contributed by atoms with Gasteiger partial charge in [0, 0.05) is 18.7 Å². The summed E-state index contributed by atoms with van der Waals surface area (Å²) in [5, 5.41) is 3.12. The van der Waals surface area contributed by atoms with Crippen LogP contribution in [0.2, 0.25) is 0 Å². The number of amides is 1. The minimum Gasteiger partial charge on any atom is -0.349 e. The first kappa shape index (κ1) is 12.4. The molecule has 4 rings (SSSR count). The molecule has 3 aliphatic rings. The molecule has 1 aromatic rings. The van der Waals surface area contributed by atoms with E-state index >= 15 is 0 Å². The molecule has 4 nitrogen and oxygen atoms in total. The van der Waals surface area contributed by atoms with E-state index in [1.54, 1.807) is 0 Å². The van der Waals surface area contributed by atoms with Gasteiger partial charge in [0.2, 0.25) is 5.91 Å². The molecule has 4 unspecified atom stereocenters. The molecule has 20 heavy (non-hydrogen) atoms. The van der Waals surface area contributed by atoms with Crippen LogP contribution in [0.4, 0.5) is 0 Å². The average Bonchev–Trinajstić information content (AvgIpc) is 2.75. The first-order valence-electron chi connectivity index (χ1n) is 7.84.